The summed E-state index contributed by atoms with van der Waals surface area (Å²) in [6.07, 6.45) is 0.506. The maximum absolute atomic E-state index is 11.6. The van der Waals surface area contributed by atoms with Gasteiger partial charge >= 0.3 is 0 Å². The van der Waals surface area contributed by atoms with E-state index in [-0.39, 0.29) is 18.6 Å². The van der Waals surface area contributed by atoms with E-state index in [0.717, 1.165) is 6.54 Å². The van der Waals surface area contributed by atoms with Gasteiger partial charge in [0.15, 0.2) is 0 Å². The van der Waals surface area contributed by atoms with Crippen molar-refractivity contribution < 1.29 is 9.90 Å². The Kier molecular flexibility index (Phi) is 7.42. The number of amides is 1. The van der Waals surface area contributed by atoms with Crippen LogP contribution >= 0.6 is 0 Å². The Morgan fingerprint density at radius 2 is 2.14 bits per heavy atom. The third kappa shape index (κ3) is 5.19. The highest BCUT2D eigenvalue weighted by Crippen LogP contribution is 2.00. The normalized spacial score (nSPS) is 10.6. The van der Waals surface area contributed by atoms with Gasteiger partial charge in [-0.15, -0.1) is 0 Å². The standard InChI is InChI=1S/C10H22N2O2/c1-4-11-6-5-10(14)12(7-8-13)9(2)3/h9,11,13H,4-8H2,1-3H3. The van der Waals surface area contributed by atoms with Crippen molar-refractivity contribution in [2.45, 2.75) is 33.2 Å². The number of nitrogens with zero attached hydrogens (tertiary/aromatic N) is 1. The Hall–Kier alpha value is -0.610. The van der Waals surface area contributed by atoms with Crippen molar-refractivity contribution in [2.75, 3.05) is 26.2 Å². The van der Waals surface area contributed by atoms with Crippen LogP contribution < -0.4 is 5.32 Å². The molecule has 0 rings (SSSR count). The Morgan fingerprint density at radius 1 is 1.50 bits per heavy atom. The number of hydrogen-bond acceptors (Lipinski definition) is 3. The first kappa shape index (κ1) is 13.4. The van der Waals surface area contributed by atoms with Crippen molar-refractivity contribution in [1.29, 1.82) is 0 Å². The van der Waals surface area contributed by atoms with E-state index in [2.05, 4.69) is 5.32 Å². The van der Waals surface area contributed by atoms with Gasteiger partial charge in [0, 0.05) is 25.6 Å². The van der Waals surface area contributed by atoms with E-state index in [1.54, 1.807) is 4.90 Å². The lowest BCUT2D eigenvalue weighted by Crippen LogP contribution is -2.40. The molecule has 0 spiro atoms. The topological polar surface area (TPSA) is 52.6 Å². The van der Waals surface area contributed by atoms with Crippen LogP contribution in [0.1, 0.15) is 27.2 Å². The molecule has 4 nitrogen and oxygen atoms in total. The molecular formula is C10H22N2O2. The molecule has 0 radical (unpaired) electrons. The van der Waals surface area contributed by atoms with E-state index >= 15 is 0 Å². The smallest absolute Gasteiger partial charge is 0.224 e. The minimum Gasteiger partial charge on any atom is -0.395 e. The zero-order chi connectivity index (χ0) is 11.0. The quantitative estimate of drug-likeness (QED) is 0.580. The van der Waals surface area contributed by atoms with Crippen LogP contribution in [0.3, 0.4) is 0 Å². The summed E-state index contributed by atoms with van der Waals surface area (Å²) in [5.74, 6) is 0.106. The number of rotatable bonds is 7. The fraction of sp³-hybridized carbons (Fsp3) is 0.900. The Bertz CT molecular complexity index is 160. The average Bonchev–Trinajstić information content (AvgIpc) is 2.13. The van der Waals surface area contributed by atoms with Gasteiger partial charge in [0.25, 0.3) is 0 Å². The molecule has 2 N–H and O–H groups in total. The zero-order valence-electron chi connectivity index (χ0n) is 9.42. The fourth-order valence-corrected chi connectivity index (χ4v) is 1.29. The number of aliphatic hydroxyl groups is 1. The molecule has 0 fully saturated rings. The predicted octanol–water partition coefficient (Wildman–Crippen LogP) is 0.215. The summed E-state index contributed by atoms with van der Waals surface area (Å²) in [5, 5.41) is 11.9. The van der Waals surface area contributed by atoms with Crippen LogP contribution in [0.4, 0.5) is 0 Å². The van der Waals surface area contributed by atoms with Crippen molar-refractivity contribution in [3.05, 3.63) is 0 Å². The van der Waals surface area contributed by atoms with Gasteiger partial charge in [-0.3, -0.25) is 4.79 Å². The van der Waals surface area contributed by atoms with Gasteiger partial charge in [-0.25, -0.2) is 0 Å². The van der Waals surface area contributed by atoms with Gasteiger partial charge < -0.3 is 15.3 Å². The van der Waals surface area contributed by atoms with Gasteiger partial charge in [-0.1, -0.05) is 6.92 Å². The number of aliphatic hydroxyl groups excluding tert-OH is 1. The SMILES string of the molecule is CCNCCC(=O)N(CCO)C(C)C. The van der Waals surface area contributed by atoms with Crippen LogP contribution in [0.5, 0.6) is 0 Å². The van der Waals surface area contributed by atoms with Crippen LogP contribution in [0.25, 0.3) is 0 Å². The molecular weight excluding hydrogens is 180 g/mol. The summed E-state index contributed by atoms with van der Waals surface area (Å²) < 4.78 is 0. The van der Waals surface area contributed by atoms with Crippen LogP contribution in [0, 0.1) is 0 Å². The molecule has 0 aliphatic carbocycles. The third-order valence-corrected chi connectivity index (χ3v) is 2.05. The molecule has 0 atom stereocenters. The van der Waals surface area contributed by atoms with Gasteiger partial charge in [0.2, 0.25) is 5.91 Å². The van der Waals surface area contributed by atoms with E-state index in [4.69, 9.17) is 5.11 Å². The van der Waals surface area contributed by atoms with E-state index in [1.807, 2.05) is 20.8 Å². The molecule has 0 aromatic carbocycles. The highest BCUT2D eigenvalue weighted by molar-refractivity contribution is 5.76. The summed E-state index contributed by atoms with van der Waals surface area (Å²) in [4.78, 5) is 13.3. The third-order valence-electron chi connectivity index (χ3n) is 2.05. The van der Waals surface area contributed by atoms with Crippen molar-refractivity contribution in [3.63, 3.8) is 0 Å². The minimum absolute atomic E-state index is 0.0329. The molecule has 0 saturated heterocycles. The molecule has 14 heavy (non-hydrogen) atoms. The number of hydrogen-bond donors (Lipinski definition) is 2. The molecule has 0 aromatic heterocycles. The monoisotopic (exact) mass is 202 g/mol. The first-order chi connectivity index (χ1) is 6.63. The van der Waals surface area contributed by atoms with Crippen molar-refractivity contribution >= 4 is 5.91 Å². The van der Waals surface area contributed by atoms with Gasteiger partial charge in [0.05, 0.1) is 6.61 Å². The second kappa shape index (κ2) is 7.76. The summed E-state index contributed by atoms with van der Waals surface area (Å²) in [6, 6.07) is 0.163. The molecule has 0 unspecified atom stereocenters. The van der Waals surface area contributed by atoms with E-state index in [0.29, 0.717) is 19.5 Å². The van der Waals surface area contributed by atoms with Crippen LogP contribution in [-0.2, 0) is 4.79 Å². The first-order valence-electron chi connectivity index (χ1n) is 5.24. The minimum atomic E-state index is 0.0329. The molecule has 1 amide bonds. The molecule has 0 heterocycles. The van der Waals surface area contributed by atoms with Crippen LogP contribution in [0.15, 0.2) is 0 Å². The molecule has 0 aromatic rings. The highest BCUT2D eigenvalue weighted by Gasteiger charge is 2.14. The predicted molar refractivity (Wildman–Crippen MR) is 57.1 cm³/mol. The second-order valence-electron chi connectivity index (χ2n) is 3.51. The van der Waals surface area contributed by atoms with E-state index in [9.17, 15) is 4.79 Å². The van der Waals surface area contributed by atoms with Crippen molar-refractivity contribution in [1.82, 2.24) is 10.2 Å². The maximum atomic E-state index is 11.6. The van der Waals surface area contributed by atoms with Gasteiger partial charge in [0.1, 0.15) is 0 Å². The lowest BCUT2D eigenvalue weighted by molar-refractivity contribution is -0.133. The lowest BCUT2D eigenvalue weighted by atomic mass is 10.2. The summed E-state index contributed by atoms with van der Waals surface area (Å²) in [6.45, 7) is 7.99. The number of carbonyl (C=O) groups is 1. The molecule has 84 valence electrons. The zero-order valence-corrected chi connectivity index (χ0v) is 9.42. The Morgan fingerprint density at radius 3 is 2.57 bits per heavy atom. The van der Waals surface area contributed by atoms with E-state index in [1.165, 1.54) is 0 Å². The largest absolute Gasteiger partial charge is 0.395 e. The number of carbonyl (C=O) groups excluding carboxylic acids is 1. The molecule has 0 saturated carbocycles. The van der Waals surface area contributed by atoms with Crippen molar-refractivity contribution in [2.24, 2.45) is 0 Å². The van der Waals surface area contributed by atoms with Gasteiger partial charge in [-0.2, -0.15) is 0 Å². The van der Waals surface area contributed by atoms with Gasteiger partial charge in [-0.05, 0) is 20.4 Å². The van der Waals surface area contributed by atoms with E-state index < -0.39 is 0 Å². The number of nitrogens with one attached hydrogen (secondary N) is 1. The Labute approximate surface area is 86.3 Å². The fourth-order valence-electron chi connectivity index (χ4n) is 1.29. The highest BCUT2D eigenvalue weighted by atomic mass is 16.3. The summed E-state index contributed by atoms with van der Waals surface area (Å²) in [5.41, 5.74) is 0. The maximum Gasteiger partial charge on any atom is 0.224 e. The molecule has 0 bridgehead atoms. The average molecular weight is 202 g/mol. The summed E-state index contributed by atoms with van der Waals surface area (Å²) in [7, 11) is 0. The Balaban J connectivity index is 3.89. The molecule has 0 aliphatic rings. The van der Waals surface area contributed by atoms with Crippen LogP contribution in [0.2, 0.25) is 0 Å². The lowest BCUT2D eigenvalue weighted by Gasteiger charge is -2.26. The van der Waals surface area contributed by atoms with Crippen LogP contribution in [-0.4, -0.2) is 48.2 Å². The van der Waals surface area contributed by atoms with Crippen molar-refractivity contribution in [3.8, 4) is 0 Å². The second-order valence-corrected chi connectivity index (χ2v) is 3.51. The first-order valence-corrected chi connectivity index (χ1v) is 5.24. The molecule has 0 aliphatic heterocycles. The molecule has 4 heteroatoms. The summed E-state index contributed by atoms with van der Waals surface area (Å²) >= 11 is 0.